The average molecular weight is 369 g/mol. The SMILES string of the molecule is O=C(NCc1cccc(O)c1)c1cnn(-c2ccccc2)c1-c1ccccc1. The van der Waals surface area contributed by atoms with Crippen molar-refractivity contribution in [2.24, 2.45) is 0 Å². The Labute approximate surface area is 162 Å². The molecule has 5 heteroatoms. The quantitative estimate of drug-likeness (QED) is 0.555. The van der Waals surface area contributed by atoms with E-state index in [9.17, 15) is 9.90 Å². The highest BCUT2D eigenvalue weighted by atomic mass is 16.3. The second-order valence-corrected chi connectivity index (χ2v) is 6.37. The summed E-state index contributed by atoms with van der Waals surface area (Å²) in [6.45, 7) is 0.317. The molecule has 1 amide bonds. The minimum Gasteiger partial charge on any atom is -0.508 e. The summed E-state index contributed by atoms with van der Waals surface area (Å²) >= 11 is 0. The molecule has 0 aliphatic carbocycles. The van der Waals surface area contributed by atoms with E-state index in [-0.39, 0.29) is 11.7 Å². The van der Waals surface area contributed by atoms with Crippen molar-refractivity contribution in [3.05, 3.63) is 102 Å². The topological polar surface area (TPSA) is 67.2 Å². The number of rotatable bonds is 5. The zero-order chi connectivity index (χ0) is 19.3. The van der Waals surface area contributed by atoms with Crippen molar-refractivity contribution in [2.45, 2.75) is 6.54 Å². The van der Waals surface area contributed by atoms with Crippen molar-refractivity contribution < 1.29 is 9.90 Å². The molecule has 0 radical (unpaired) electrons. The zero-order valence-corrected chi connectivity index (χ0v) is 15.1. The standard InChI is InChI=1S/C23H19N3O2/c27-20-13-7-8-17(14-20)15-24-23(28)21-16-25-26(19-11-5-2-6-12-19)22(21)18-9-3-1-4-10-18/h1-14,16,27H,15H2,(H,24,28). The summed E-state index contributed by atoms with van der Waals surface area (Å²) in [7, 11) is 0. The minimum absolute atomic E-state index is 0.175. The number of hydrogen-bond acceptors (Lipinski definition) is 3. The Kier molecular flexibility index (Phi) is 4.89. The fourth-order valence-electron chi connectivity index (χ4n) is 3.10. The molecule has 0 fully saturated rings. The van der Waals surface area contributed by atoms with E-state index in [1.165, 1.54) is 0 Å². The fraction of sp³-hybridized carbons (Fsp3) is 0.0435. The van der Waals surface area contributed by atoms with Gasteiger partial charge in [-0.05, 0) is 29.8 Å². The number of amides is 1. The molecule has 2 N–H and O–H groups in total. The predicted octanol–water partition coefficient (Wildman–Crippen LogP) is 4.17. The first-order valence-corrected chi connectivity index (χ1v) is 8.97. The molecule has 0 aliphatic heterocycles. The van der Waals surface area contributed by atoms with Crippen LogP contribution in [0.5, 0.6) is 5.75 Å². The highest BCUT2D eigenvalue weighted by Gasteiger charge is 2.19. The Morgan fingerprint density at radius 1 is 0.929 bits per heavy atom. The second kappa shape index (κ2) is 7.80. The van der Waals surface area contributed by atoms with E-state index in [2.05, 4.69) is 10.4 Å². The van der Waals surface area contributed by atoms with Crippen LogP contribution in [0.3, 0.4) is 0 Å². The number of nitrogens with zero attached hydrogens (tertiary/aromatic N) is 2. The normalized spacial score (nSPS) is 10.6. The van der Waals surface area contributed by atoms with Crippen molar-refractivity contribution in [3.63, 3.8) is 0 Å². The monoisotopic (exact) mass is 369 g/mol. The van der Waals surface area contributed by atoms with Gasteiger partial charge in [0.05, 0.1) is 23.1 Å². The Morgan fingerprint density at radius 3 is 2.36 bits per heavy atom. The number of nitrogens with one attached hydrogen (secondary N) is 1. The zero-order valence-electron chi connectivity index (χ0n) is 15.1. The molecular formula is C23H19N3O2. The molecule has 138 valence electrons. The number of benzene rings is 3. The van der Waals surface area contributed by atoms with Crippen molar-refractivity contribution in [1.82, 2.24) is 15.1 Å². The molecule has 0 saturated heterocycles. The van der Waals surface area contributed by atoms with E-state index in [4.69, 9.17) is 0 Å². The fourth-order valence-corrected chi connectivity index (χ4v) is 3.10. The van der Waals surface area contributed by atoms with Gasteiger partial charge in [-0.1, -0.05) is 60.7 Å². The van der Waals surface area contributed by atoms with E-state index in [1.54, 1.807) is 29.1 Å². The molecule has 0 spiro atoms. The molecule has 4 aromatic rings. The summed E-state index contributed by atoms with van der Waals surface area (Å²) in [6.07, 6.45) is 1.59. The van der Waals surface area contributed by atoms with Crippen LogP contribution in [0.15, 0.2) is 91.1 Å². The van der Waals surface area contributed by atoms with Crippen LogP contribution in [0.1, 0.15) is 15.9 Å². The summed E-state index contributed by atoms with van der Waals surface area (Å²) < 4.78 is 1.78. The Balaban J connectivity index is 1.69. The number of phenolic OH excluding ortho intramolecular Hbond substituents is 1. The Morgan fingerprint density at radius 2 is 1.64 bits per heavy atom. The molecule has 0 saturated carbocycles. The lowest BCUT2D eigenvalue weighted by Crippen LogP contribution is -2.23. The van der Waals surface area contributed by atoms with Gasteiger partial charge < -0.3 is 10.4 Å². The lowest BCUT2D eigenvalue weighted by atomic mass is 10.1. The van der Waals surface area contributed by atoms with Gasteiger partial charge in [-0.25, -0.2) is 4.68 Å². The molecule has 1 heterocycles. The number of carbonyl (C=O) groups is 1. The van der Waals surface area contributed by atoms with Gasteiger partial charge in [0.15, 0.2) is 0 Å². The molecule has 28 heavy (non-hydrogen) atoms. The lowest BCUT2D eigenvalue weighted by molar-refractivity contribution is 0.0951. The van der Waals surface area contributed by atoms with Gasteiger partial charge >= 0.3 is 0 Å². The van der Waals surface area contributed by atoms with Gasteiger partial charge in [0.25, 0.3) is 5.91 Å². The molecule has 3 aromatic carbocycles. The summed E-state index contributed by atoms with van der Waals surface area (Å²) in [5.74, 6) is -0.0435. The third kappa shape index (κ3) is 3.64. The highest BCUT2D eigenvalue weighted by Crippen LogP contribution is 2.26. The van der Waals surface area contributed by atoms with Crippen LogP contribution in [0, 0.1) is 0 Å². The molecule has 0 aliphatic rings. The number of carbonyl (C=O) groups excluding carboxylic acids is 1. The van der Waals surface area contributed by atoms with Gasteiger partial charge in [0, 0.05) is 12.1 Å². The first kappa shape index (κ1) is 17.5. The first-order chi connectivity index (χ1) is 13.7. The smallest absolute Gasteiger partial charge is 0.255 e. The highest BCUT2D eigenvalue weighted by molar-refractivity contribution is 6.00. The Bertz CT molecular complexity index is 1090. The molecule has 1 aromatic heterocycles. The van der Waals surface area contributed by atoms with Crippen LogP contribution in [0.2, 0.25) is 0 Å². The first-order valence-electron chi connectivity index (χ1n) is 8.97. The van der Waals surface area contributed by atoms with Crippen LogP contribution >= 0.6 is 0 Å². The second-order valence-electron chi connectivity index (χ2n) is 6.37. The third-order valence-electron chi connectivity index (χ3n) is 4.43. The average Bonchev–Trinajstić information content (AvgIpc) is 3.19. The van der Waals surface area contributed by atoms with E-state index >= 15 is 0 Å². The van der Waals surface area contributed by atoms with Crippen LogP contribution in [-0.2, 0) is 6.54 Å². The molecule has 0 unspecified atom stereocenters. The molecule has 4 rings (SSSR count). The summed E-state index contributed by atoms with van der Waals surface area (Å²) in [4.78, 5) is 12.9. The summed E-state index contributed by atoms with van der Waals surface area (Å²) in [5.41, 5.74) is 3.85. The van der Waals surface area contributed by atoms with E-state index in [1.807, 2.05) is 66.7 Å². The van der Waals surface area contributed by atoms with Gasteiger partial charge in [-0.3, -0.25) is 4.79 Å². The number of aromatic hydroxyl groups is 1. The van der Waals surface area contributed by atoms with Gasteiger partial charge in [0.1, 0.15) is 5.75 Å². The van der Waals surface area contributed by atoms with Gasteiger partial charge in [-0.2, -0.15) is 5.10 Å². The maximum atomic E-state index is 12.9. The van der Waals surface area contributed by atoms with Crippen molar-refractivity contribution in [3.8, 4) is 22.7 Å². The van der Waals surface area contributed by atoms with Crippen molar-refractivity contribution in [2.75, 3.05) is 0 Å². The summed E-state index contributed by atoms with van der Waals surface area (Å²) in [5, 5.41) is 17.0. The minimum atomic E-state index is -0.218. The van der Waals surface area contributed by atoms with Crippen LogP contribution < -0.4 is 5.32 Å². The van der Waals surface area contributed by atoms with Gasteiger partial charge in [0.2, 0.25) is 0 Å². The summed E-state index contributed by atoms with van der Waals surface area (Å²) in [6, 6.07) is 26.3. The maximum Gasteiger partial charge on any atom is 0.255 e. The van der Waals surface area contributed by atoms with E-state index < -0.39 is 0 Å². The molecule has 0 bridgehead atoms. The van der Waals surface area contributed by atoms with E-state index in [0.717, 1.165) is 22.5 Å². The van der Waals surface area contributed by atoms with Crippen LogP contribution in [-0.4, -0.2) is 20.8 Å². The molecule has 0 atom stereocenters. The van der Waals surface area contributed by atoms with Crippen LogP contribution in [0.4, 0.5) is 0 Å². The number of aromatic nitrogens is 2. The number of hydrogen-bond donors (Lipinski definition) is 2. The molecule has 5 nitrogen and oxygen atoms in total. The Hall–Kier alpha value is -3.86. The van der Waals surface area contributed by atoms with Crippen molar-refractivity contribution >= 4 is 5.91 Å². The number of para-hydroxylation sites is 1. The maximum absolute atomic E-state index is 12.9. The van der Waals surface area contributed by atoms with Crippen molar-refractivity contribution in [1.29, 1.82) is 0 Å². The van der Waals surface area contributed by atoms with E-state index in [0.29, 0.717) is 12.1 Å². The third-order valence-corrected chi connectivity index (χ3v) is 4.43. The lowest BCUT2D eigenvalue weighted by Gasteiger charge is -2.11. The molecular weight excluding hydrogens is 350 g/mol. The number of phenols is 1. The predicted molar refractivity (Wildman–Crippen MR) is 108 cm³/mol. The van der Waals surface area contributed by atoms with Crippen LogP contribution in [0.25, 0.3) is 16.9 Å². The van der Waals surface area contributed by atoms with Gasteiger partial charge in [-0.15, -0.1) is 0 Å². The largest absolute Gasteiger partial charge is 0.508 e.